The average molecular weight is 379 g/mol. The maximum atomic E-state index is 12.7. The molecule has 2 aromatic carbocycles. The third-order valence-electron chi connectivity index (χ3n) is 3.69. The predicted octanol–water partition coefficient (Wildman–Crippen LogP) is 2.48. The fraction of sp³-hybridized carbons (Fsp3) is 0.333. The molecule has 7 nitrogen and oxygen atoms in total. The molecule has 0 spiro atoms. The van der Waals surface area contributed by atoms with Crippen molar-refractivity contribution in [2.45, 2.75) is 4.90 Å². The van der Waals surface area contributed by atoms with Gasteiger partial charge in [-0.05, 0) is 50.5 Å². The molecule has 0 aromatic heterocycles. The first-order valence-electron chi connectivity index (χ1n) is 8.09. The monoisotopic (exact) mass is 379 g/mol. The summed E-state index contributed by atoms with van der Waals surface area (Å²) in [6, 6.07) is 11.7. The van der Waals surface area contributed by atoms with Crippen molar-refractivity contribution in [1.82, 2.24) is 4.90 Å². The van der Waals surface area contributed by atoms with Crippen LogP contribution in [0.4, 0.5) is 11.4 Å². The summed E-state index contributed by atoms with van der Waals surface area (Å²) in [5.74, 6) is 0.687. The molecular weight excluding hydrogens is 354 g/mol. The lowest BCUT2D eigenvalue weighted by Crippen LogP contribution is -2.20. The summed E-state index contributed by atoms with van der Waals surface area (Å²) in [5, 5.41) is 3.28. The smallest absolute Gasteiger partial charge is 0.265 e. The highest BCUT2D eigenvalue weighted by molar-refractivity contribution is 7.92. The zero-order valence-electron chi connectivity index (χ0n) is 15.4. The Hall–Kier alpha value is -2.45. The van der Waals surface area contributed by atoms with E-state index in [1.165, 1.54) is 20.3 Å². The third kappa shape index (κ3) is 5.27. The second-order valence-corrected chi connectivity index (χ2v) is 7.58. The lowest BCUT2D eigenvalue weighted by molar-refractivity contribution is 0.392. The first kappa shape index (κ1) is 19.9. The van der Waals surface area contributed by atoms with E-state index in [1.54, 1.807) is 24.3 Å². The van der Waals surface area contributed by atoms with Gasteiger partial charge in [0.1, 0.15) is 16.4 Å². The van der Waals surface area contributed by atoms with E-state index < -0.39 is 10.0 Å². The van der Waals surface area contributed by atoms with E-state index in [4.69, 9.17) is 9.47 Å². The number of anilines is 2. The van der Waals surface area contributed by atoms with Crippen molar-refractivity contribution in [3.8, 4) is 11.5 Å². The van der Waals surface area contributed by atoms with Gasteiger partial charge in [-0.15, -0.1) is 0 Å². The largest absolute Gasteiger partial charge is 0.497 e. The van der Waals surface area contributed by atoms with Crippen molar-refractivity contribution in [1.29, 1.82) is 0 Å². The Morgan fingerprint density at radius 2 is 1.62 bits per heavy atom. The second-order valence-electron chi connectivity index (χ2n) is 5.93. The lowest BCUT2D eigenvalue weighted by atomic mass is 10.3. The van der Waals surface area contributed by atoms with Crippen molar-refractivity contribution in [3.63, 3.8) is 0 Å². The van der Waals surface area contributed by atoms with Crippen molar-refractivity contribution < 1.29 is 17.9 Å². The highest BCUT2D eigenvalue weighted by Crippen LogP contribution is 2.29. The molecule has 0 saturated carbocycles. The summed E-state index contributed by atoms with van der Waals surface area (Å²) >= 11 is 0. The topological polar surface area (TPSA) is 79.9 Å². The van der Waals surface area contributed by atoms with Gasteiger partial charge in [0.05, 0.1) is 14.2 Å². The first-order valence-corrected chi connectivity index (χ1v) is 9.57. The van der Waals surface area contributed by atoms with Gasteiger partial charge in [0.2, 0.25) is 0 Å². The van der Waals surface area contributed by atoms with Crippen LogP contribution in [0.2, 0.25) is 0 Å². The van der Waals surface area contributed by atoms with Gasteiger partial charge in [0.25, 0.3) is 10.0 Å². The minimum atomic E-state index is -3.81. The van der Waals surface area contributed by atoms with Gasteiger partial charge in [-0.25, -0.2) is 8.42 Å². The zero-order chi connectivity index (χ0) is 19.2. The van der Waals surface area contributed by atoms with Crippen molar-refractivity contribution in [2.75, 3.05) is 51.4 Å². The Morgan fingerprint density at radius 3 is 2.19 bits per heavy atom. The number of sulfonamides is 1. The molecule has 0 heterocycles. The van der Waals surface area contributed by atoms with Crippen LogP contribution < -0.4 is 19.5 Å². The van der Waals surface area contributed by atoms with E-state index in [2.05, 4.69) is 14.9 Å². The summed E-state index contributed by atoms with van der Waals surface area (Å²) < 4.78 is 38.3. The maximum Gasteiger partial charge on any atom is 0.265 e. The number of methoxy groups -OCH3 is 2. The fourth-order valence-corrected chi connectivity index (χ4v) is 3.53. The Bertz CT molecular complexity index is 821. The van der Waals surface area contributed by atoms with Gasteiger partial charge in [-0.3, -0.25) is 4.72 Å². The number of likely N-dealkylation sites (N-methyl/N-ethyl adjacent to an activating group) is 1. The van der Waals surface area contributed by atoms with Crippen LogP contribution in [-0.4, -0.2) is 54.7 Å². The molecule has 0 unspecified atom stereocenters. The highest BCUT2D eigenvalue weighted by atomic mass is 32.2. The molecule has 8 heteroatoms. The molecule has 0 aliphatic carbocycles. The van der Waals surface area contributed by atoms with E-state index in [-0.39, 0.29) is 10.6 Å². The minimum absolute atomic E-state index is 0.0209. The summed E-state index contributed by atoms with van der Waals surface area (Å²) in [4.78, 5) is 2.10. The average Bonchev–Trinajstić information content (AvgIpc) is 2.62. The minimum Gasteiger partial charge on any atom is -0.497 e. The molecule has 2 rings (SSSR count). The number of hydrogen-bond donors (Lipinski definition) is 2. The molecular formula is C18H25N3O4S. The summed E-state index contributed by atoms with van der Waals surface area (Å²) in [6.45, 7) is 1.71. The molecule has 142 valence electrons. The highest BCUT2D eigenvalue weighted by Gasteiger charge is 2.20. The Kier molecular flexibility index (Phi) is 6.70. The first-order chi connectivity index (χ1) is 12.4. The number of benzene rings is 2. The van der Waals surface area contributed by atoms with Crippen LogP contribution in [0.3, 0.4) is 0 Å². The zero-order valence-corrected chi connectivity index (χ0v) is 16.3. The van der Waals surface area contributed by atoms with Crippen molar-refractivity contribution in [3.05, 3.63) is 42.5 Å². The standard InChI is InChI=1S/C18H25N3O4S/c1-21(2)12-11-19-14-5-7-15(8-6-14)20-26(22,23)18-13-16(24-3)9-10-17(18)25-4/h5-10,13,19-20H,11-12H2,1-4H3. The van der Waals surface area contributed by atoms with Crippen LogP contribution in [0.15, 0.2) is 47.4 Å². The van der Waals surface area contributed by atoms with Crippen LogP contribution in [-0.2, 0) is 10.0 Å². The van der Waals surface area contributed by atoms with E-state index in [0.29, 0.717) is 11.4 Å². The second kappa shape index (κ2) is 8.77. The molecule has 0 saturated heterocycles. The molecule has 2 aromatic rings. The lowest BCUT2D eigenvalue weighted by Gasteiger charge is -2.14. The van der Waals surface area contributed by atoms with Gasteiger partial charge >= 0.3 is 0 Å². The Balaban J connectivity index is 2.14. The van der Waals surface area contributed by atoms with Crippen molar-refractivity contribution in [2.24, 2.45) is 0 Å². The molecule has 2 N–H and O–H groups in total. The molecule has 0 amide bonds. The van der Waals surface area contributed by atoms with Gasteiger partial charge in [-0.2, -0.15) is 0 Å². The van der Waals surface area contributed by atoms with E-state index in [0.717, 1.165) is 18.8 Å². The number of hydrogen-bond acceptors (Lipinski definition) is 6. The molecule has 0 aliphatic heterocycles. The van der Waals surface area contributed by atoms with Crippen LogP contribution in [0, 0.1) is 0 Å². The SMILES string of the molecule is COc1ccc(OC)c(S(=O)(=O)Nc2ccc(NCCN(C)C)cc2)c1. The van der Waals surface area contributed by atoms with Gasteiger partial charge in [-0.1, -0.05) is 0 Å². The normalized spacial score (nSPS) is 11.3. The summed E-state index contributed by atoms with van der Waals surface area (Å²) in [5.41, 5.74) is 1.39. The van der Waals surface area contributed by atoms with Gasteiger partial charge in [0, 0.05) is 30.5 Å². The molecule has 26 heavy (non-hydrogen) atoms. The third-order valence-corrected chi connectivity index (χ3v) is 5.09. The van der Waals surface area contributed by atoms with Crippen LogP contribution in [0.5, 0.6) is 11.5 Å². The molecule has 0 bridgehead atoms. The fourth-order valence-electron chi connectivity index (χ4n) is 2.28. The molecule has 0 atom stereocenters. The van der Waals surface area contributed by atoms with Gasteiger partial charge in [0.15, 0.2) is 0 Å². The van der Waals surface area contributed by atoms with E-state index in [1.807, 2.05) is 26.2 Å². The van der Waals surface area contributed by atoms with Crippen molar-refractivity contribution >= 4 is 21.4 Å². The Labute approximate surface area is 155 Å². The summed E-state index contributed by atoms with van der Waals surface area (Å²) in [7, 11) is 3.11. The molecule has 0 fully saturated rings. The number of ether oxygens (including phenoxy) is 2. The number of rotatable bonds is 9. The molecule has 0 radical (unpaired) electrons. The van der Waals surface area contributed by atoms with Crippen LogP contribution in [0.25, 0.3) is 0 Å². The number of nitrogens with zero attached hydrogens (tertiary/aromatic N) is 1. The maximum absolute atomic E-state index is 12.7. The number of nitrogens with one attached hydrogen (secondary N) is 2. The van der Waals surface area contributed by atoms with E-state index in [9.17, 15) is 8.42 Å². The Morgan fingerprint density at radius 1 is 0.962 bits per heavy atom. The van der Waals surface area contributed by atoms with Crippen LogP contribution >= 0.6 is 0 Å². The quantitative estimate of drug-likeness (QED) is 0.697. The van der Waals surface area contributed by atoms with Crippen LogP contribution in [0.1, 0.15) is 0 Å². The van der Waals surface area contributed by atoms with Gasteiger partial charge < -0.3 is 19.7 Å². The molecule has 0 aliphatic rings. The predicted molar refractivity (Wildman–Crippen MR) is 104 cm³/mol. The summed E-state index contributed by atoms with van der Waals surface area (Å²) in [6.07, 6.45) is 0. The van der Waals surface area contributed by atoms with E-state index >= 15 is 0 Å².